The van der Waals surface area contributed by atoms with Crippen LogP contribution < -0.4 is 5.32 Å². The first-order valence-electron chi connectivity index (χ1n) is 8.39. The minimum atomic E-state index is -0.461. The van der Waals surface area contributed by atoms with E-state index >= 15 is 0 Å². The van der Waals surface area contributed by atoms with Gasteiger partial charge in [0, 0.05) is 29.9 Å². The van der Waals surface area contributed by atoms with Crippen molar-refractivity contribution in [1.29, 1.82) is 0 Å². The number of fused-ring (bicyclic) bond motifs is 1. The lowest BCUT2D eigenvalue weighted by atomic mass is 10.1. The summed E-state index contributed by atoms with van der Waals surface area (Å²) in [5.74, 6) is -0.163. The van der Waals surface area contributed by atoms with E-state index in [4.69, 9.17) is 0 Å². The van der Waals surface area contributed by atoms with Gasteiger partial charge in [-0.2, -0.15) is 0 Å². The van der Waals surface area contributed by atoms with E-state index < -0.39 is 6.04 Å². The van der Waals surface area contributed by atoms with Crippen molar-refractivity contribution in [3.8, 4) is 0 Å². The lowest BCUT2D eigenvalue weighted by Gasteiger charge is -2.31. The van der Waals surface area contributed by atoms with Crippen LogP contribution in [0.2, 0.25) is 0 Å². The Hall–Kier alpha value is -2.08. The molecule has 1 aliphatic heterocycles. The second kappa shape index (κ2) is 7.21. The first kappa shape index (κ1) is 16.8. The van der Waals surface area contributed by atoms with Gasteiger partial charge in [0.1, 0.15) is 6.04 Å². The van der Waals surface area contributed by atoms with E-state index in [9.17, 15) is 9.59 Å². The van der Waals surface area contributed by atoms with Crippen LogP contribution in [0, 0.1) is 6.92 Å². The number of carbonyl (C=O) groups is 2. The Balaban J connectivity index is 1.70. The highest BCUT2D eigenvalue weighted by Crippen LogP contribution is 2.24. The minimum absolute atomic E-state index is 0.0234. The molecule has 0 aliphatic carbocycles. The zero-order chi connectivity index (χ0) is 17.1. The number of thiophene rings is 1. The number of hydrogen-bond acceptors (Lipinski definition) is 3. The smallest absolute Gasteiger partial charge is 0.253 e. The van der Waals surface area contributed by atoms with Gasteiger partial charge in [0.2, 0.25) is 5.91 Å². The summed E-state index contributed by atoms with van der Waals surface area (Å²) in [6.07, 6.45) is 4.15. The molecule has 5 nitrogen and oxygen atoms in total. The van der Waals surface area contributed by atoms with Crippen molar-refractivity contribution in [3.63, 3.8) is 0 Å². The van der Waals surface area contributed by atoms with Crippen LogP contribution in [0.1, 0.15) is 46.3 Å². The lowest BCUT2D eigenvalue weighted by Crippen LogP contribution is -2.49. The molecule has 3 rings (SSSR count). The van der Waals surface area contributed by atoms with Gasteiger partial charge < -0.3 is 15.2 Å². The van der Waals surface area contributed by atoms with E-state index in [0.29, 0.717) is 18.5 Å². The molecule has 3 heterocycles. The highest BCUT2D eigenvalue weighted by Gasteiger charge is 2.29. The summed E-state index contributed by atoms with van der Waals surface area (Å²) in [6.45, 7) is 5.26. The molecule has 24 heavy (non-hydrogen) atoms. The Labute approximate surface area is 146 Å². The van der Waals surface area contributed by atoms with Crippen molar-refractivity contribution in [1.82, 2.24) is 15.2 Å². The predicted molar refractivity (Wildman–Crippen MR) is 95.1 cm³/mol. The van der Waals surface area contributed by atoms with Crippen LogP contribution >= 0.6 is 11.3 Å². The van der Waals surface area contributed by atoms with Crippen LogP contribution in [0.4, 0.5) is 0 Å². The number of rotatable bonds is 5. The molecule has 0 aromatic carbocycles. The zero-order valence-corrected chi connectivity index (χ0v) is 14.9. The fourth-order valence-corrected chi connectivity index (χ4v) is 4.03. The van der Waals surface area contributed by atoms with E-state index in [1.807, 2.05) is 18.7 Å². The molecule has 0 saturated carbocycles. The normalized spacial score (nSPS) is 15.0. The van der Waals surface area contributed by atoms with Crippen molar-refractivity contribution in [2.24, 2.45) is 0 Å². The highest BCUT2D eigenvalue weighted by molar-refractivity contribution is 7.10. The molecule has 1 atom stereocenters. The zero-order valence-electron chi connectivity index (χ0n) is 14.1. The van der Waals surface area contributed by atoms with Gasteiger partial charge in [0.25, 0.3) is 5.91 Å². The molecule has 0 saturated heterocycles. The van der Waals surface area contributed by atoms with Gasteiger partial charge in [-0.25, -0.2) is 0 Å². The quantitative estimate of drug-likeness (QED) is 0.875. The molecule has 0 fully saturated rings. The minimum Gasteiger partial charge on any atom is -0.365 e. The summed E-state index contributed by atoms with van der Waals surface area (Å²) >= 11 is 1.76. The van der Waals surface area contributed by atoms with Crippen LogP contribution in [-0.2, 0) is 17.8 Å². The average Bonchev–Trinajstić information content (AvgIpc) is 3.21. The van der Waals surface area contributed by atoms with Gasteiger partial charge >= 0.3 is 0 Å². The van der Waals surface area contributed by atoms with Crippen LogP contribution in [0.25, 0.3) is 0 Å². The van der Waals surface area contributed by atoms with E-state index in [-0.39, 0.29) is 11.8 Å². The molecular formula is C18H23N3O2S. The van der Waals surface area contributed by atoms with Crippen LogP contribution in [0.3, 0.4) is 0 Å². The van der Waals surface area contributed by atoms with Crippen LogP contribution in [0.5, 0.6) is 0 Å². The van der Waals surface area contributed by atoms with Gasteiger partial charge in [-0.3, -0.25) is 9.59 Å². The van der Waals surface area contributed by atoms with Crippen molar-refractivity contribution in [3.05, 3.63) is 45.4 Å². The summed E-state index contributed by atoms with van der Waals surface area (Å²) in [5.41, 5.74) is 2.65. The molecular weight excluding hydrogens is 322 g/mol. The maximum Gasteiger partial charge on any atom is 0.253 e. The number of nitrogens with zero attached hydrogens (tertiary/aromatic N) is 1. The molecule has 2 N–H and O–H groups in total. The number of aromatic nitrogens is 1. The maximum absolute atomic E-state index is 12.9. The fourth-order valence-electron chi connectivity index (χ4n) is 3.14. The predicted octanol–water partition coefficient (Wildman–Crippen LogP) is 2.87. The van der Waals surface area contributed by atoms with E-state index in [0.717, 1.165) is 25.1 Å². The third kappa shape index (κ3) is 3.38. The third-order valence-electron chi connectivity index (χ3n) is 4.50. The van der Waals surface area contributed by atoms with Crippen molar-refractivity contribution in [2.75, 3.05) is 6.54 Å². The molecule has 1 aliphatic rings. The number of amides is 2. The fraction of sp³-hybridized carbons (Fsp3) is 0.444. The molecule has 0 bridgehead atoms. The number of H-pyrrole nitrogens is 1. The SMILES string of the molecule is CCC[C@@H](NC(=O)c1cc[nH]c1C)C(=O)N1CCc2sccc2C1. The number of aryl methyl sites for hydroxylation is 1. The first-order chi connectivity index (χ1) is 11.6. The molecule has 0 unspecified atom stereocenters. The Morgan fingerprint density at radius 2 is 2.25 bits per heavy atom. The molecule has 0 spiro atoms. The van der Waals surface area contributed by atoms with Gasteiger partial charge in [-0.15, -0.1) is 11.3 Å². The average molecular weight is 345 g/mol. The van der Waals surface area contributed by atoms with E-state index in [1.165, 1.54) is 10.4 Å². The van der Waals surface area contributed by atoms with E-state index in [2.05, 4.69) is 21.7 Å². The Morgan fingerprint density at radius 1 is 1.42 bits per heavy atom. The van der Waals surface area contributed by atoms with Crippen molar-refractivity contribution < 1.29 is 9.59 Å². The van der Waals surface area contributed by atoms with Crippen molar-refractivity contribution in [2.45, 2.75) is 45.7 Å². The second-order valence-corrected chi connectivity index (χ2v) is 7.21. The van der Waals surface area contributed by atoms with Crippen LogP contribution in [0.15, 0.2) is 23.7 Å². The largest absolute Gasteiger partial charge is 0.365 e. The van der Waals surface area contributed by atoms with Gasteiger partial charge in [0.15, 0.2) is 0 Å². The third-order valence-corrected chi connectivity index (χ3v) is 5.52. The molecule has 0 radical (unpaired) electrons. The Bertz CT molecular complexity index is 734. The highest BCUT2D eigenvalue weighted by atomic mass is 32.1. The molecule has 6 heteroatoms. The van der Waals surface area contributed by atoms with Gasteiger partial charge in [-0.1, -0.05) is 13.3 Å². The van der Waals surface area contributed by atoms with Gasteiger partial charge in [-0.05, 0) is 42.8 Å². The standard InChI is InChI=1S/C18H23N3O2S/c1-3-4-15(20-17(22)14-5-8-19-12(14)2)18(23)21-9-6-16-13(11-21)7-10-24-16/h5,7-8,10,15,19H,3-4,6,9,11H2,1-2H3,(H,20,22)/t15-/m1/s1. The number of carbonyl (C=O) groups excluding carboxylic acids is 2. The first-order valence-corrected chi connectivity index (χ1v) is 9.27. The summed E-state index contributed by atoms with van der Waals surface area (Å²) in [5, 5.41) is 5.01. The summed E-state index contributed by atoms with van der Waals surface area (Å²) < 4.78 is 0. The molecule has 2 aromatic heterocycles. The summed E-state index contributed by atoms with van der Waals surface area (Å²) in [4.78, 5) is 31.6. The van der Waals surface area contributed by atoms with Crippen molar-refractivity contribution >= 4 is 23.2 Å². The Morgan fingerprint density at radius 3 is 2.96 bits per heavy atom. The topological polar surface area (TPSA) is 65.2 Å². The Kier molecular flexibility index (Phi) is 5.04. The number of aromatic amines is 1. The molecule has 2 aromatic rings. The lowest BCUT2D eigenvalue weighted by molar-refractivity contribution is -0.134. The number of hydrogen-bond donors (Lipinski definition) is 2. The summed E-state index contributed by atoms with van der Waals surface area (Å²) in [6, 6.07) is 3.38. The number of nitrogens with one attached hydrogen (secondary N) is 2. The molecule has 2 amide bonds. The van der Waals surface area contributed by atoms with E-state index in [1.54, 1.807) is 23.6 Å². The second-order valence-electron chi connectivity index (χ2n) is 6.21. The summed E-state index contributed by atoms with van der Waals surface area (Å²) in [7, 11) is 0. The van der Waals surface area contributed by atoms with Crippen LogP contribution in [-0.4, -0.2) is 34.3 Å². The maximum atomic E-state index is 12.9. The van der Waals surface area contributed by atoms with Gasteiger partial charge in [0.05, 0.1) is 5.56 Å². The monoisotopic (exact) mass is 345 g/mol. The molecule has 128 valence electrons.